The second-order valence-electron chi connectivity index (χ2n) is 28.0. The lowest BCUT2D eigenvalue weighted by molar-refractivity contribution is -0.272. The van der Waals surface area contributed by atoms with Crippen molar-refractivity contribution in [2.45, 2.75) is 209 Å². The van der Waals surface area contributed by atoms with Crippen LogP contribution in [0.1, 0.15) is 101 Å². The smallest absolute Gasteiger partial charge is 0.394 e. The van der Waals surface area contributed by atoms with Crippen LogP contribution in [0.4, 0.5) is 13.2 Å². The van der Waals surface area contributed by atoms with Gasteiger partial charge in [0, 0.05) is 44.8 Å². The number of carbonyl (C=O) groups is 13. The molecule has 7 rings (SSSR count). The number of hydrogen-bond acceptors (Lipinski definition) is 21. The maximum atomic E-state index is 15.2. The predicted molar refractivity (Wildman–Crippen MR) is 383 cm³/mol. The molecule has 110 heavy (non-hydrogen) atoms. The van der Waals surface area contributed by atoms with E-state index < -0.39 is 219 Å². The van der Waals surface area contributed by atoms with Crippen LogP contribution < -0.4 is 70.4 Å². The molecule has 0 bridgehead atoms. The van der Waals surface area contributed by atoms with Gasteiger partial charge in [-0.2, -0.15) is 13.2 Å². The Bertz CT molecular complexity index is 3830. The molecule has 0 radical (unpaired) electrons. The van der Waals surface area contributed by atoms with Crippen LogP contribution in [0.5, 0.6) is 0 Å². The van der Waals surface area contributed by atoms with Crippen LogP contribution in [-0.2, 0) is 104 Å². The minimum absolute atomic E-state index is 0.00967. The number of nitrogens with one attached hydrogen (secondary N) is 10. The van der Waals surface area contributed by atoms with Crippen molar-refractivity contribution in [3.8, 4) is 0 Å². The molecule has 13 amide bonds. The number of alkyl halides is 3. The van der Waals surface area contributed by atoms with Gasteiger partial charge in [-0.15, -0.1) is 5.10 Å². The van der Waals surface area contributed by atoms with Gasteiger partial charge in [0.15, 0.2) is 6.29 Å². The third-order valence-electron chi connectivity index (χ3n) is 18.5. The Morgan fingerprint density at radius 3 is 1.61 bits per heavy atom. The van der Waals surface area contributed by atoms with Gasteiger partial charge in [-0.1, -0.05) is 124 Å². The van der Waals surface area contributed by atoms with Crippen molar-refractivity contribution in [1.82, 2.24) is 73.1 Å². The highest BCUT2D eigenvalue weighted by Gasteiger charge is 2.50. The summed E-state index contributed by atoms with van der Waals surface area (Å²) in [5, 5.41) is 64.3. The molecule has 3 fully saturated rings. The van der Waals surface area contributed by atoms with Crippen molar-refractivity contribution in [1.29, 1.82) is 0 Å². The van der Waals surface area contributed by atoms with Crippen molar-refractivity contribution in [3.05, 3.63) is 120 Å². The second-order valence-corrected chi connectivity index (χ2v) is 28.0. The molecular formula is C72H98F3N17O18. The average Bonchev–Trinajstić information content (AvgIpc) is 0.940. The Labute approximate surface area is 631 Å². The summed E-state index contributed by atoms with van der Waals surface area (Å²) < 4.78 is 52.2. The van der Waals surface area contributed by atoms with Gasteiger partial charge in [0.25, 0.3) is 0 Å². The molecule has 0 unspecified atom stereocenters. The number of hydrogen-bond donors (Lipinski definition) is 16. The summed E-state index contributed by atoms with van der Waals surface area (Å²) in [5.74, 6) is -15.6. The van der Waals surface area contributed by atoms with E-state index in [2.05, 4.69) is 58.2 Å². The first-order valence-corrected chi connectivity index (χ1v) is 36.2. The van der Waals surface area contributed by atoms with Crippen LogP contribution in [0.2, 0.25) is 0 Å². The van der Waals surface area contributed by atoms with Gasteiger partial charge < -0.3 is 100 Å². The maximum Gasteiger partial charge on any atom is 0.471 e. The van der Waals surface area contributed by atoms with Gasteiger partial charge in [0.05, 0.1) is 31.9 Å². The van der Waals surface area contributed by atoms with Crippen LogP contribution in [-0.4, -0.2) is 236 Å². The molecule has 3 saturated heterocycles. The third kappa shape index (κ3) is 25.8. The quantitative estimate of drug-likeness (QED) is 0.0301. The third-order valence-corrected chi connectivity index (χ3v) is 18.5. The topological polar surface area (TPSA) is 533 Å². The highest BCUT2D eigenvalue weighted by molar-refractivity contribution is 6.01. The van der Waals surface area contributed by atoms with Crippen molar-refractivity contribution in [2.75, 3.05) is 26.3 Å². The van der Waals surface area contributed by atoms with Crippen LogP contribution >= 0.6 is 0 Å². The number of benzene rings is 3. The van der Waals surface area contributed by atoms with Crippen LogP contribution in [0.3, 0.4) is 0 Å². The summed E-state index contributed by atoms with van der Waals surface area (Å²) in [6, 6.07) is 7.44. The van der Waals surface area contributed by atoms with Gasteiger partial charge in [-0.25, -0.2) is 4.68 Å². The first-order valence-electron chi connectivity index (χ1n) is 36.2. The Hall–Kier alpha value is -10.5. The number of fused-ring (bicyclic) bond motifs is 1. The molecule has 4 heterocycles. The van der Waals surface area contributed by atoms with E-state index in [1.165, 1.54) is 30.3 Å². The Morgan fingerprint density at radius 2 is 1.08 bits per heavy atom. The molecule has 4 aromatic rings. The lowest BCUT2D eigenvalue weighted by Gasteiger charge is -2.42. The monoisotopic (exact) mass is 1550 g/mol. The molecule has 0 aliphatic carbocycles. The highest BCUT2D eigenvalue weighted by Crippen LogP contribution is 2.26. The van der Waals surface area contributed by atoms with Crippen molar-refractivity contribution < 1.29 is 100 Å². The Kier molecular flexibility index (Phi) is 32.6. The first-order chi connectivity index (χ1) is 52.2. The number of halogens is 3. The van der Waals surface area contributed by atoms with E-state index in [0.29, 0.717) is 23.1 Å². The number of amides is 13. The van der Waals surface area contributed by atoms with E-state index in [1.807, 2.05) is 0 Å². The van der Waals surface area contributed by atoms with Gasteiger partial charge in [0.1, 0.15) is 84.8 Å². The molecule has 38 heteroatoms. The fourth-order valence-electron chi connectivity index (χ4n) is 12.7. The van der Waals surface area contributed by atoms with E-state index in [9.17, 15) is 76.4 Å². The molecule has 3 aliphatic heterocycles. The summed E-state index contributed by atoms with van der Waals surface area (Å²) in [6.07, 6.45) is -14.9. The number of ether oxygens (including phenoxy) is 2. The number of aliphatic hydroxyl groups is 3. The number of aliphatic hydroxyl groups excluding tert-OH is 3. The highest BCUT2D eigenvalue weighted by atomic mass is 19.4. The van der Waals surface area contributed by atoms with Crippen molar-refractivity contribution in [2.24, 2.45) is 29.0 Å². The standard InChI is InChI=1S/C72H98F3N17O18/c1-38(2)30-46-62(100)86-51(33-42-20-12-7-13-21-42)69(107)92-27-15-23-52(92)67(105)85-48(32-41-18-10-6-11-19-41)64(102)82-47(31-40-16-8-5-9-17-40)63(101)84-50(35-55(78)95)65(103)79-45(24-25-54(77)94)61(99)83-49(66(104)87-56(39(3)4)68(106)80-44(22-14-26-76)60(98)81-46)34-43-36-91(90-89-43)28-29-109-70-57(88-71(108)72(73,74)75)59(97)58(96)53(37-93)110-70/h5-13,16-21,36,38-39,44-53,56-59,70,93,96-97H,14-15,22-35,37,76H2,1-4H3,(H2,77,94)(H2,78,95)(H,79,103)(H,80,106)(H,81,98)(H,82,102)(H,83,99)(H,84,101)(H,85,105)(H,86,100)(H,87,104)(H,88,108)/t44-,45-,46-,47+,48-,49-,50-,51+,52-,53+,56-,57+,58-,59+,70+/m0/s1. The van der Waals surface area contributed by atoms with Crippen LogP contribution in [0.25, 0.3) is 0 Å². The average molecular weight is 1550 g/mol. The van der Waals surface area contributed by atoms with E-state index in [1.54, 1.807) is 105 Å². The minimum atomic E-state index is -5.45. The molecule has 19 N–H and O–H groups in total. The molecule has 3 aliphatic rings. The SMILES string of the molecule is CC(C)C[C@@H]1NC(=O)[C@H](CCCN)NC(=O)[C@H](C(C)C)NC(=O)[C@H](Cc2cn(CCO[C@@H]3O[C@H](CO)[C@H](O)[C@H](O)[C@H]3NC(=O)C(F)(F)F)nn2)NC(=O)[C@H](CCC(N)=O)NC(=O)[C@H](CC(N)=O)NC(=O)[C@@H](Cc2ccccc2)NC(=O)[C@H](Cc2ccccc2)NC(=O)[C@@H]2CCCN2C(=O)[C@@H](Cc2ccccc2)NC1=O. The molecule has 15 atom stereocenters. The van der Waals surface area contributed by atoms with Crippen LogP contribution in [0.15, 0.2) is 97.2 Å². The minimum Gasteiger partial charge on any atom is -0.394 e. The molecule has 600 valence electrons. The Balaban J connectivity index is 1.29. The number of rotatable bonds is 25. The zero-order valence-electron chi connectivity index (χ0n) is 61.2. The number of primary amides is 2. The summed E-state index contributed by atoms with van der Waals surface area (Å²) >= 11 is 0. The van der Waals surface area contributed by atoms with E-state index >= 15 is 14.4 Å². The molecule has 0 saturated carbocycles. The second kappa shape index (κ2) is 41.3. The zero-order valence-corrected chi connectivity index (χ0v) is 61.2. The number of nitrogens with two attached hydrogens (primary N) is 3. The Morgan fingerprint density at radius 1 is 0.609 bits per heavy atom. The molecule has 35 nitrogen and oxygen atoms in total. The fraction of sp³-hybridized carbons (Fsp3) is 0.542. The summed E-state index contributed by atoms with van der Waals surface area (Å²) in [4.78, 5) is 188. The summed E-state index contributed by atoms with van der Waals surface area (Å²) in [6.45, 7) is 4.77. The zero-order chi connectivity index (χ0) is 80.5. The van der Waals surface area contributed by atoms with E-state index in [4.69, 9.17) is 26.7 Å². The van der Waals surface area contributed by atoms with Gasteiger partial charge >= 0.3 is 12.1 Å². The normalized spacial score (nSPS) is 26.3. The first kappa shape index (κ1) is 86.7. The number of carbonyl (C=O) groups excluding carboxylic acids is 13. The molecule has 1 aromatic heterocycles. The van der Waals surface area contributed by atoms with Gasteiger partial charge in [-0.3, -0.25) is 62.3 Å². The predicted octanol–water partition coefficient (Wildman–Crippen LogP) is -4.00. The summed E-state index contributed by atoms with van der Waals surface area (Å²) in [7, 11) is 0. The van der Waals surface area contributed by atoms with E-state index in [-0.39, 0.29) is 76.2 Å². The fourth-order valence-corrected chi connectivity index (χ4v) is 12.7. The maximum absolute atomic E-state index is 15.2. The largest absolute Gasteiger partial charge is 0.471 e. The van der Waals surface area contributed by atoms with Crippen molar-refractivity contribution in [3.63, 3.8) is 0 Å². The number of aromatic nitrogens is 3. The molecular weight excluding hydrogens is 1450 g/mol. The lowest BCUT2D eigenvalue weighted by atomic mass is 9.97. The summed E-state index contributed by atoms with van der Waals surface area (Å²) in [5.41, 5.74) is 18.7. The van der Waals surface area contributed by atoms with E-state index in [0.717, 1.165) is 4.68 Å². The van der Waals surface area contributed by atoms with Crippen molar-refractivity contribution >= 4 is 76.8 Å². The van der Waals surface area contributed by atoms with Crippen LogP contribution in [0, 0.1) is 11.8 Å². The molecule has 0 spiro atoms. The molecule has 3 aromatic carbocycles. The van der Waals surface area contributed by atoms with Gasteiger partial charge in [0.2, 0.25) is 70.9 Å². The van der Waals surface area contributed by atoms with Gasteiger partial charge in [-0.05, 0) is 73.6 Å². The lowest BCUT2D eigenvalue weighted by Crippen LogP contribution is -2.65. The number of nitrogens with zero attached hydrogens (tertiary/aromatic N) is 4.